The molecular weight excluding hydrogens is 327 g/mol. The molecule has 1 amide bonds. The number of hydrogen-bond donors (Lipinski definition) is 1. The van der Waals surface area contributed by atoms with Crippen molar-refractivity contribution in [1.29, 1.82) is 0 Å². The van der Waals surface area contributed by atoms with Crippen LogP contribution in [0.1, 0.15) is 15.4 Å². The van der Waals surface area contributed by atoms with E-state index in [2.05, 4.69) is 15.0 Å². The zero-order valence-corrected chi connectivity index (χ0v) is 13.5. The van der Waals surface area contributed by atoms with Crippen molar-refractivity contribution < 1.29 is 18.7 Å². The van der Waals surface area contributed by atoms with Crippen molar-refractivity contribution in [3.63, 3.8) is 0 Å². The van der Waals surface area contributed by atoms with E-state index in [0.29, 0.717) is 15.7 Å². The average molecular weight is 340 g/mol. The van der Waals surface area contributed by atoms with Gasteiger partial charge in [0.25, 0.3) is 0 Å². The van der Waals surface area contributed by atoms with Gasteiger partial charge in [-0.05, 0) is 31.2 Å². The van der Waals surface area contributed by atoms with E-state index >= 15 is 0 Å². The molecule has 2 rings (SSSR count). The summed E-state index contributed by atoms with van der Waals surface area (Å²) >= 11 is 2.35. The summed E-state index contributed by atoms with van der Waals surface area (Å²) in [5.41, 5.74) is 0.512. The number of thioether (sulfide) groups is 1. The number of carbonyl (C=O) groups excluding carboxylic acids is 2. The van der Waals surface area contributed by atoms with Gasteiger partial charge >= 0.3 is 5.97 Å². The molecule has 0 fully saturated rings. The highest BCUT2D eigenvalue weighted by Crippen LogP contribution is 2.24. The molecule has 22 heavy (non-hydrogen) atoms. The summed E-state index contributed by atoms with van der Waals surface area (Å²) in [7, 11) is 1.29. The van der Waals surface area contributed by atoms with Crippen molar-refractivity contribution in [3.05, 3.63) is 40.7 Å². The van der Waals surface area contributed by atoms with Crippen molar-refractivity contribution in [2.45, 2.75) is 11.8 Å². The Morgan fingerprint density at radius 1 is 1.36 bits per heavy atom. The Morgan fingerprint density at radius 2 is 2.05 bits per heavy atom. The molecule has 0 spiro atoms. The normalized spacial score (nSPS) is 10.3. The number of anilines is 1. The SMILES string of the molecule is COC(=O)c1sc(NC(=O)CSc2ccc(F)cc2)nc1C. The van der Waals surface area contributed by atoms with Gasteiger partial charge in [-0.2, -0.15) is 0 Å². The highest BCUT2D eigenvalue weighted by molar-refractivity contribution is 8.00. The van der Waals surface area contributed by atoms with E-state index < -0.39 is 5.97 Å². The van der Waals surface area contributed by atoms with Crippen LogP contribution in [0.3, 0.4) is 0 Å². The molecule has 1 N–H and O–H groups in total. The minimum absolute atomic E-state index is 0.165. The molecule has 1 heterocycles. The zero-order valence-electron chi connectivity index (χ0n) is 11.9. The van der Waals surface area contributed by atoms with Gasteiger partial charge in [-0.1, -0.05) is 11.3 Å². The van der Waals surface area contributed by atoms with Gasteiger partial charge in [-0.15, -0.1) is 11.8 Å². The Morgan fingerprint density at radius 3 is 2.68 bits per heavy atom. The number of nitrogens with zero attached hydrogens (tertiary/aromatic N) is 1. The molecule has 0 aliphatic rings. The molecule has 1 aromatic heterocycles. The highest BCUT2D eigenvalue weighted by Gasteiger charge is 2.16. The standard InChI is InChI=1S/C14H13FN2O3S2/c1-8-12(13(19)20-2)22-14(16-8)17-11(18)7-21-10-5-3-9(15)4-6-10/h3-6H,7H2,1-2H3,(H,16,17,18). The summed E-state index contributed by atoms with van der Waals surface area (Å²) in [4.78, 5) is 28.6. The first kappa shape index (κ1) is 16.4. The molecule has 0 saturated heterocycles. The monoisotopic (exact) mass is 340 g/mol. The topological polar surface area (TPSA) is 68.3 Å². The molecule has 0 aliphatic heterocycles. The minimum atomic E-state index is -0.476. The maximum Gasteiger partial charge on any atom is 0.350 e. The summed E-state index contributed by atoms with van der Waals surface area (Å²) in [5, 5.41) is 2.98. The molecule has 116 valence electrons. The van der Waals surface area contributed by atoms with Crippen LogP contribution < -0.4 is 5.32 Å². The average Bonchev–Trinajstić information content (AvgIpc) is 2.86. The number of aromatic nitrogens is 1. The molecule has 1 aromatic carbocycles. The second-order valence-electron chi connectivity index (χ2n) is 4.22. The fourth-order valence-corrected chi connectivity index (χ4v) is 3.17. The second-order valence-corrected chi connectivity index (χ2v) is 6.26. The molecule has 0 atom stereocenters. The number of esters is 1. The third kappa shape index (κ3) is 4.28. The Bertz CT molecular complexity index is 686. The van der Waals surface area contributed by atoms with Crippen LogP contribution >= 0.6 is 23.1 Å². The summed E-state index contributed by atoms with van der Waals surface area (Å²) in [5.74, 6) is -0.879. The minimum Gasteiger partial charge on any atom is -0.465 e. The molecule has 0 aliphatic carbocycles. The number of hydrogen-bond acceptors (Lipinski definition) is 6. The number of thiazole rings is 1. The molecule has 5 nitrogen and oxygen atoms in total. The third-order valence-corrected chi connectivity index (χ3v) is 4.66. The number of methoxy groups -OCH3 is 1. The highest BCUT2D eigenvalue weighted by atomic mass is 32.2. The van der Waals surface area contributed by atoms with Crippen LogP contribution in [0.25, 0.3) is 0 Å². The van der Waals surface area contributed by atoms with Crippen molar-refractivity contribution in [2.24, 2.45) is 0 Å². The maximum absolute atomic E-state index is 12.8. The molecular formula is C14H13FN2O3S2. The largest absolute Gasteiger partial charge is 0.465 e. The molecule has 8 heteroatoms. The van der Waals surface area contributed by atoms with Gasteiger partial charge in [0.15, 0.2) is 5.13 Å². The number of benzene rings is 1. The third-order valence-electron chi connectivity index (χ3n) is 2.60. The molecule has 0 unspecified atom stereocenters. The summed E-state index contributed by atoms with van der Waals surface area (Å²) < 4.78 is 17.4. The number of amides is 1. The second kappa shape index (κ2) is 7.37. The van der Waals surface area contributed by atoms with E-state index in [0.717, 1.165) is 16.2 Å². The molecule has 2 aromatic rings. The maximum atomic E-state index is 12.8. The van der Waals surface area contributed by atoms with Gasteiger partial charge in [0.1, 0.15) is 10.7 Å². The van der Waals surface area contributed by atoms with Crippen LogP contribution in [0.5, 0.6) is 0 Å². The Hall–Kier alpha value is -1.93. The van der Waals surface area contributed by atoms with Gasteiger partial charge in [-0.3, -0.25) is 4.79 Å². The van der Waals surface area contributed by atoms with Crippen LogP contribution in [0.15, 0.2) is 29.2 Å². The lowest BCUT2D eigenvalue weighted by molar-refractivity contribution is -0.113. The zero-order chi connectivity index (χ0) is 16.1. The molecule has 0 radical (unpaired) electrons. The number of nitrogens with one attached hydrogen (secondary N) is 1. The van der Waals surface area contributed by atoms with Crippen molar-refractivity contribution >= 4 is 40.1 Å². The van der Waals surface area contributed by atoms with Gasteiger partial charge in [-0.25, -0.2) is 14.2 Å². The summed E-state index contributed by atoms with van der Waals surface area (Å²) in [6, 6.07) is 5.90. The Kier molecular flexibility index (Phi) is 5.51. The lowest BCUT2D eigenvalue weighted by Crippen LogP contribution is -2.13. The fourth-order valence-electron chi connectivity index (χ4n) is 1.57. The van der Waals surface area contributed by atoms with E-state index in [1.807, 2.05) is 0 Å². The number of aryl methyl sites for hydroxylation is 1. The quantitative estimate of drug-likeness (QED) is 0.669. The Balaban J connectivity index is 1.92. The smallest absolute Gasteiger partial charge is 0.350 e. The van der Waals surface area contributed by atoms with Crippen molar-refractivity contribution in [1.82, 2.24) is 4.98 Å². The number of carbonyl (C=O) groups is 2. The number of ether oxygens (including phenoxy) is 1. The van der Waals surface area contributed by atoms with Crippen LogP contribution in [-0.2, 0) is 9.53 Å². The lowest BCUT2D eigenvalue weighted by atomic mass is 10.4. The number of rotatable bonds is 5. The summed E-state index contributed by atoms with van der Waals surface area (Å²) in [6.45, 7) is 1.67. The molecule has 0 bridgehead atoms. The fraction of sp³-hybridized carbons (Fsp3) is 0.214. The number of halogens is 1. The van der Waals surface area contributed by atoms with Gasteiger partial charge in [0, 0.05) is 4.90 Å². The van der Waals surface area contributed by atoms with Gasteiger partial charge in [0.05, 0.1) is 18.6 Å². The van der Waals surface area contributed by atoms with E-state index in [9.17, 15) is 14.0 Å². The van der Waals surface area contributed by atoms with Crippen LogP contribution in [-0.4, -0.2) is 29.7 Å². The van der Waals surface area contributed by atoms with Crippen molar-refractivity contribution in [2.75, 3.05) is 18.2 Å². The first-order valence-electron chi connectivity index (χ1n) is 6.23. The first-order chi connectivity index (χ1) is 10.5. The van der Waals surface area contributed by atoms with E-state index in [4.69, 9.17) is 0 Å². The molecule has 0 saturated carbocycles. The van der Waals surface area contributed by atoms with E-state index in [1.165, 1.54) is 31.0 Å². The Labute approximate surface area is 134 Å². The van der Waals surface area contributed by atoms with Gasteiger partial charge < -0.3 is 10.1 Å². The van der Waals surface area contributed by atoms with E-state index in [-0.39, 0.29) is 17.5 Å². The predicted octanol–water partition coefficient (Wildman–Crippen LogP) is 3.11. The van der Waals surface area contributed by atoms with Crippen LogP contribution in [0.2, 0.25) is 0 Å². The van der Waals surface area contributed by atoms with E-state index in [1.54, 1.807) is 19.1 Å². The lowest BCUT2D eigenvalue weighted by Gasteiger charge is -2.02. The van der Waals surface area contributed by atoms with Crippen molar-refractivity contribution in [3.8, 4) is 0 Å². The first-order valence-corrected chi connectivity index (χ1v) is 8.03. The van der Waals surface area contributed by atoms with Gasteiger partial charge in [0.2, 0.25) is 5.91 Å². The predicted molar refractivity (Wildman–Crippen MR) is 83.9 cm³/mol. The van der Waals surface area contributed by atoms with Crippen LogP contribution in [0, 0.1) is 12.7 Å². The van der Waals surface area contributed by atoms with Crippen LogP contribution in [0.4, 0.5) is 9.52 Å². The summed E-state index contributed by atoms with van der Waals surface area (Å²) in [6.07, 6.45) is 0.